The van der Waals surface area contributed by atoms with Gasteiger partial charge >= 0.3 is 0 Å². The number of benzene rings is 2. The molecule has 0 unspecified atom stereocenters. The van der Waals surface area contributed by atoms with E-state index in [1.165, 1.54) is 0 Å². The maximum absolute atomic E-state index is 6.12. The summed E-state index contributed by atoms with van der Waals surface area (Å²) in [5, 5.41) is 5.14. The summed E-state index contributed by atoms with van der Waals surface area (Å²) in [4.78, 5) is 0. The zero-order chi connectivity index (χ0) is 14.8. The summed E-state index contributed by atoms with van der Waals surface area (Å²) in [6.07, 6.45) is 0. The van der Waals surface area contributed by atoms with Crippen molar-refractivity contribution in [1.82, 2.24) is 0 Å². The van der Waals surface area contributed by atoms with Gasteiger partial charge in [0.25, 0.3) is 0 Å². The van der Waals surface area contributed by atoms with Crippen LogP contribution in [0.2, 0.25) is 5.02 Å². The van der Waals surface area contributed by atoms with Gasteiger partial charge in [0.15, 0.2) is 11.3 Å². The molecule has 0 saturated carbocycles. The quantitative estimate of drug-likeness (QED) is 0.735. The van der Waals surface area contributed by atoms with Gasteiger partial charge in [-0.25, -0.2) is 0 Å². The molecule has 1 heterocycles. The van der Waals surface area contributed by atoms with Crippen LogP contribution in [-0.4, -0.2) is 7.11 Å². The molecule has 21 heavy (non-hydrogen) atoms. The van der Waals surface area contributed by atoms with Crippen LogP contribution in [0.3, 0.4) is 0 Å². The average Bonchev–Trinajstić information content (AvgIpc) is 2.91. The van der Waals surface area contributed by atoms with Crippen molar-refractivity contribution in [3.8, 4) is 5.75 Å². The number of furan rings is 1. The number of anilines is 1. The largest absolute Gasteiger partial charge is 0.493 e. The Balaban J connectivity index is 1.84. The van der Waals surface area contributed by atoms with E-state index >= 15 is 0 Å². The SMILES string of the molecule is COc1cccc2cc(CNc3cccc(Cl)c3C)oc12. The molecule has 0 aliphatic heterocycles. The Bertz CT molecular complexity index is 780. The van der Waals surface area contributed by atoms with Gasteiger partial charge in [-0.3, -0.25) is 0 Å². The summed E-state index contributed by atoms with van der Waals surface area (Å²) in [6, 6.07) is 13.7. The third-order valence-electron chi connectivity index (χ3n) is 3.50. The first kappa shape index (κ1) is 13.8. The van der Waals surface area contributed by atoms with Crippen LogP contribution in [0.15, 0.2) is 46.9 Å². The normalized spacial score (nSPS) is 10.8. The number of rotatable bonds is 4. The molecule has 1 aromatic heterocycles. The molecule has 3 aromatic rings. The Morgan fingerprint density at radius 3 is 2.81 bits per heavy atom. The second-order valence-electron chi connectivity index (χ2n) is 4.86. The molecular formula is C17H16ClNO2. The standard InChI is InChI=1S/C17H16ClNO2/c1-11-14(18)6-4-7-15(11)19-10-13-9-12-5-3-8-16(20-2)17(12)21-13/h3-9,19H,10H2,1-2H3. The molecule has 4 heteroatoms. The fourth-order valence-corrected chi connectivity index (χ4v) is 2.49. The van der Waals surface area contributed by atoms with Crippen molar-refractivity contribution in [2.45, 2.75) is 13.5 Å². The number of methoxy groups -OCH3 is 1. The van der Waals surface area contributed by atoms with Crippen molar-refractivity contribution in [2.75, 3.05) is 12.4 Å². The van der Waals surface area contributed by atoms with Gasteiger partial charge in [0, 0.05) is 16.1 Å². The van der Waals surface area contributed by atoms with Crippen LogP contribution in [-0.2, 0) is 6.54 Å². The number of hydrogen-bond donors (Lipinski definition) is 1. The lowest BCUT2D eigenvalue weighted by Gasteiger charge is -2.09. The maximum Gasteiger partial charge on any atom is 0.176 e. The summed E-state index contributed by atoms with van der Waals surface area (Å²) in [7, 11) is 1.64. The molecule has 2 aromatic carbocycles. The molecule has 0 spiro atoms. The third kappa shape index (κ3) is 2.69. The van der Waals surface area contributed by atoms with E-state index in [1.54, 1.807) is 7.11 Å². The van der Waals surface area contributed by atoms with Crippen LogP contribution in [0.4, 0.5) is 5.69 Å². The highest BCUT2D eigenvalue weighted by Gasteiger charge is 2.09. The van der Waals surface area contributed by atoms with E-state index in [9.17, 15) is 0 Å². The first-order valence-electron chi connectivity index (χ1n) is 6.73. The van der Waals surface area contributed by atoms with Crippen molar-refractivity contribution in [3.05, 3.63) is 58.8 Å². The smallest absolute Gasteiger partial charge is 0.176 e. The highest BCUT2D eigenvalue weighted by molar-refractivity contribution is 6.31. The monoisotopic (exact) mass is 301 g/mol. The lowest BCUT2D eigenvalue weighted by molar-refractivity contribution is 0.408. The molecule has 108 valence electrons. The van der Waals surface area contributed by atoms with Crippen LogP contribution >= 0.6 is 11.6 Å². The second-order valence-corrected chi connectivity index (χ2v) is 5.26. The topological polar surface area (TPSA) is 34.4 Å². The molecule has 0 bridgehead atoms. The van der Waals surface area contributed by atoms with Crippen molar-refractivity contribution in [1.29, 1.82) is 0 Å². The van der Waals surface area contributed by atoms with E-state index in [2.05, 4.69) is 5.32 Å². The summed E-state index contributed by atoms with van der Waals surface area (Å²) in [5.74, 6) is 1.60. The van der Waals surface area contributed by atoms with E-state index in [0.29, 0.717) is 6.54 Å². The van der Waals surface area contributed by atoms with E-state index in [0.717, 1.165) is 38.8 Å². The zero-order valence-electron chi connectivity index (χ0n) is 11.9. The molecule has 1 N–H and O–H groups in total. The Morgan fingerprint density at radius 1 is 1.19 bits per heavy atom. The van der Waals surface area contributed by atoms with Gasteiger partial charge in [0.1, 0.15) is 5.76 Å². The van der Waals surface area contributed by atoms with Crippen molar-refractivity contribution >= 4 is 28.3 Å². The average molecular weight is 302 g/mol. The lowest BCUT2D eigenvalue weighted by atomic mass is 10.2. The van der Waals surface area contributed by atoms with E-state index in [1.807, 2.05) is 49.4 Å². The first-order valence-corrected chi connectivity index (χ1v) is 7.11. The maximum atomic E-state index is 6.12. The summed E-state index contributed by atoms with van der Waals surface area (Å²) < 4.78 is 11.2. The number of ether oxygens (including phenoxy) is 1. The second kappa shape index (κ2) is 5.70. The van der Waals surface area contributed by atoms with Crippen molar-refractivity contribution in [2.24, 2.45) is 0 Å². The number of hydrogen-bond acceptors (Lipinski definition) is 3. The van der Waals surface area contributed by atoms with Crippen molar-refractivity contribution < 1.29 is 9.15 Å². The zero-order valence-corrected chi connectivity index (χ0v) is 12.7. The van der Waals surface area contributed by atoms with Gasteiger partial charge in [0.05, 0.1) is 13.7 Å². The molecule has 0 aliphatic carbocycles. The van der Waals surface area contributed by atoms with Crippen LogP contribution in [0.25, 0.3) is 11.0 Å². The third-order valence-corrected chi connectivity index (χ3v) is 3.91. The minimum atomic E-state index is 0.596. The van der Waals surface area contributed by atoms with Crippen LogP contribution in [0, 0.1) is 6.92 Å². The molecule has 0 atom stereocenters. The highest BCUT2D eigenvalue weighted by atomic mass is 35.5. The van der Waals surface area contributed by atoms with E-state index in [-0.39, 0.29) is 0 Å². The molecule has 0 fully saturated rings. The Hall–Kier alpha value is -2.13. The van der Waals surface area contributed by atoms with Gasteiger partial charge in [-0.15, -0.1) is 0 Å². The predicted molar refractivity (Wildman–Crippen MR) is 86.3 cm³/mol. The predicted octanol–water partition coefficient (Wildman–Crippen LogP) is 5.02. The molecule has 0 amide bonds. The minimum absolute atomic E-state index is 0.596. The fraction of sp³-hybridized carbons (Fsp3) is 0.176. The molecule has 0 saturated heterocycles. The number of nitrogens with one attached hydrogen (secondary N) is 1. The van der Waals surface area contributed by atoms with Gasteiger partial charge in [-0.1, -0.05) is 29.8 Å². The van der Waals surface area contributed by atoms with Gasteiger partial charge in [0.2, 0.25) is 0 Å². The van der Waals surface area contributed by atoms with Gasteiger partial charge in [-0.2, -0.15) is 0 Å². The number of para-hydroxylation sites is 1. The summed E-state index contributed by atoms with van der Waals surface area (Å²) in [5.41, 5.74) is 2.82. The van der Waals surface area contributed by atoms with Crippen molar-refractivity contribution in [3.63, 3.8) is 0 Å². The molecular weight excluding hydrogens is 286 g/mol. The fourth-order valence-electron chi connectivity index (χ4n) is 2.32. The molecule has 3 nitrogen and oxygen atoms in total. The lowest BCUT2D eigenvalue weighted by Crippen LogP contribution is -1.99. The van der Waals surface area contributed by atoms with Crippen LogP contribution < -0.4 is 10.1 Å². The van der Waals surface area contributed by atoms with Gasteiger partial charge in [-0.05, 0) is 36.8 Å². The minimum Gasteiger partial charge on any atom is -0.493 e. The Labute approximate surface area is 128 Å². The number of halogens is 1. The van der Waals surface area contributed by atoms with Crippen LogP contribution in [0.1, 0.15) is 11.3 Å². The summed E-state index contributed by atoms with van der Waals surface area (Å²) in [6.45, 7) is 2.59. The summed E-state index contributed by atoms with van der Waals surface area (Å²) >= 11 is 6.12. The molecule has 0 radical (unpaired) electrons. The number of fused-ring (bicyclic) bond motifs is 1. The molecule has 0 aliphatic rings. The van der Waals surface area contributed by atoms with E-state index in [4.69, 9.17) is 20.8 Å². The first-order chi connectivity index (χ1) is 10.2. The highest BCUT2D eigenvalue weighted by Crippen LogP contribution is 2.29. The van der Waals surface area contributed by atoms with Crippen LogP contribution in [0.5, 0.6) is 5.75 Å². The van der Waals surface area contributed by atoms with E-state index < -0.39 is 0 Å². The Kier molecular flexibility index (Phi) is 3.76. The molecule has 3 rings (SSSR count). The Morgan fingerprint density at radius 2 is 2.00 bits per heavy atom. The van der Waals surface area contributed by atoms with Gasteiger partial charge < -0.3 is 14.5 Å².